The number of nitrogens with zero attached hydrogens (tertiary/aromatic N) is 2. The molecule has 76 valence electrons. The second kappa shape index (κ2) is 4.11. The zero-order valence-electron chi connectivity index (χ0n) is 8.46. The molecule has 0 bridgehead atoms. The summed E-state index contributed by atoms with van der Waals surface area (Å²) in [5.41, 5.74) is 2.31. The Labute approximate surface area is 88.6 Å². The topological polar surface area (TPSA) is 36.4 Å². The number of benzene rings is 1. The molecule has 0 radical (unpaired) electrons. The second-order valence-electron chi connectivity index (χ2n) is 3.31. The first-order chi connectivity index (χ1) is 7.27. The molecule has 1 N–H and O–H groups in total. The van der Waals surface area contributed by atoms with Crippen LogP contribution in [-0.2, 0) is 0 Å². The van der Waals surface area contributed by atoms with Crippen molar-refractivity contribution in [3.63, 3.8) is 0 Å². The van der Waals surface area contributed by atoms with Crippen LogP contribution >= 0.6 is 0 Å². The highest BCUT2D eigenvalue weighted by Gasteiger charge is 2.04. The van der Waals surface area contributed by atoms with Crippen LogP contribution in [-0.4, -0.2) is 10.2 Å². The van der Waals surface area contributed by atoms with Crippen LogP contribution in [0.15, 0.2) is 48.7 Å². The van der Waals surface area contributed by atoms with Gasteiger partial charge in [-0.25, -0.2) is 5.06 Å². The van der Waals surface area contributed by atoms with Gasteiger partial charge < -0.3 is 0 Å². The number of hydrogen-bond donors (Lipinski definition) is 1. The summed E-state index contributed by atoms with van der Waals surface area (Å²) in [7, 11) is 0. The number of anilines is 2. The molecule has 0 aliphatic carbocycles. The lowest BCUT2D eigenvalue weighted by atomic mass is 10.3. The normalized spacial score (nSPS) is 10.0. The van der Waals surface area contributed by atoms with E-state index in [0.717, 1.165) is 16.4 Å². The second-order valence-corrected chi connectivity index (χ2v) is 3.31. The van der Waals surface area contributed by atoms with E-state index in [2.05, 4.69) is 4.98 Å². The Balaban J connectivity index is 2.29. The molecule has 0 fully saturated rings. The van der Waals surface area contributed by atoms with Crippen molar-refractivity contribution in [3.8, 4) is 0 Å². The zero-order valence-corrected chi connectivity index (χ0v) is 8.46. The largest absolute Gasteiger partial charge is 0.283 e. The fraction of sp³-hybridized carbons (Fsp3) is 0.0833. The van der Waals surface area contributed by atoms with Crippen molar-refractivity contribution in [1.29, 1.82) is 0 Å². The van der Waals surface area contributed by atoms with Crippen LogP contribution in [0.25, 0.3) is 0 Å². The number of aromatic nitrogens is 1. The fourth-order valence-electron chi connectivity index (χ4n) is 1.30. The Morgan fingerprint density at radius 2 is 1.73 bits per heavy atom. The van der Waals surface area contributed by atoms with Gasteiger partial charge in [-0.1, -0.05) is 18.2 Å². The maximum atomic E-state index is 9.88. The van der Waals surface area contributed by atoms with E-state index in [0.29, 0.717) is 5.69 Å². The van der Waals surface area contributed by atoms with E-state index in [4.69, 9.17) is 0 Å². The maximum absolute atomic E-state index is 9.88. The van der Waals surface area contributed by atoms with Gasteiger partial charge in [-0.2, -0.15) is 0 Å². The number of aryl methyl sites for hydroxylation is 1. The summed E-state index contributed by atoms with van der Waals surface area (Å²) in [5, 5.41) is 11.0. The third kappa shape index (κ3) is 2.14. The van der Waals surface area contributed by atoms with Gasteiger partial charge in [0.15, 0.2) is 0 Å². The predicted molar refractivity (Wildman–Crippen MR) is 59.3 cm³/mol. The first-order valence-corrected chi connectivity index (χ1v) is 4.74. The molecule has 1 heterocycles. The lowest BCUT2D eigenvalue weighted by Crippen LogP contribution is -2.10. The smallest absolute Gasteiger partial charge is 0.0876 e. The molecule has 0 amide bonds. The first kappa shape index (κ1) is 9.68. The summed E-state index contributed by atoms with van der Waals surface area (Å²) < 4.78 is 0. The Kier molecular flexibility index (Phi) is 2.65. The summed E-state index contributed by atoms with van der Waals surface area (Å²) in [4.78, 5) is 4.12. The highest BCUT2D eigenvalue weighted by molar-refractivity contribution is 5.58. The average molecular weight is 200 g/mol. The lowest BCUT2D eigenvalue weighted by molar-refractivity contribution is 0.300. The Hall–Kier alpha value is -1.87. The van der Waals surface area contributed by atoms with Gasteiger partial charge in [0.2, 0.25) is 0 Å². The molecular formula is C12H12N2O. The minimum absolute atomic E-state index is 0.659. The Morgan fingerprint density at radius 1 is 1.00 bits per heavy atom. The van der Waals surface area contributed by atoms with Gasteiger partial charge in [-0.05, 0) is 31.2 Å². The van der Waals surface area contributed by atoms with Gasteiger partial charge >= 0.3 is 0 Å². The third-order valence-electron chi connectivity index (χ3n) is 2.14. The molecule has 1 aromatic heterocycles. The minimum atomic E-state index is 0.659. The molecule has 0 aliphatic heterocycles. The van der Waals surface area contributed by atoms with Crippen molar-refractivity contribution >= 4 is 11.4 Å². The molecule has 3 heteroatoms. The monoisotopic (exact) mass is 200 g/mol. The Morgan fingerprint density at radius 3 is 2.33 bits per heavy atom. The molecule has 0 aliphatic rings. The summed E-state index contributed by atoms with van der Waals surface area (Å²) in [6.07, 6.45) is 1.64. The van der Waals surface area contributed by atoms with Crippen LogP contribution in [0.3, 0.4) is 0 Å². The molecule has 2 aromatic rings. The number of hydrogen-bond acceptors (Lipinski definition) is 3. The minimum Gasteiger partial charge on any atom is -0.283 e. The zero-order chi connectivity index (χ0) is 10.7. The third-order valence-corrected chi connectivity index (χ3v) is 2.14. The van der Waals surface area contributed by atoms with Crippen molar-refractivity contribution in [1.82, 2.24) is 4.98 Å². The molecule has 0 atom stereocenters. The molecular weight excluding hydrogens is 188 g/mol. The van der Waals surface area contributed by atoms with Crippen molar-refractivity contribution in [2.24, 2.45) is 0 Å². The van der Waals surface area contributed by atoms with Gasteiger partial charge in [0.25, 0.3) is 0 Å². The predicted octanol–water partition coefficient (Wildman–Crippen LogP) is 2.92. The van der Waals surface area contributed by atoms with E-state index >= 15 is 0 Å². The van der Waals surface area contributed by atoms with Crippen LogP contribution in [0.1, 0.15) is 5.69 Å². The van der Waals surface area contributed by atoms with E-state index in [1.165, 1.54) is 0 Å². The molecule has 2 rings (SSSR count). The van der Waals surface area contributed by atoms with Crippen LogP contribution in [0.5, 0.6) is 0 Å². The average Bonchev–Trinajstić information content (AvgIpc) is 2.30. The highest BCUT2D eigenvalue weighted by atomic mass is 16.5. The Bertz CT molecular complexity index is 425. The lowest BCUT2D eigenvalue weighted by Gasteiger charge is -2.16. The molecule has 0 unspecified atom stereocenters. The fourth-order valence-corrected chi connectivity index (χ4v) is 1.30. The molecule has 0 saturated carbocycles. The molecule has 0 spiro atoms. The SMILES string of the molecule is Cc1ccc(N(O)c2ccccc2)cn1. The summed E-state index contributed by atoms with van der Waals surface area (Å²) in [5.74, 6) is 0. The van der Waals surface area contributed by atoms with Crippen LogP contribution in [0.4, 0.5) is 11.4 Å². The van der Waals surface area contributed by atoms with Crippen LogP contribution < -0.4 is 5.06 Å². The van der Waals surface area contributed by atoms with Crippen LogP contribution in [0, 0.1) is 6.92 Å². The van der Waals surface area contributed by atoms with Crippen molar-refractivity contribution < 1.29 is 5.21 Å². The quantitative estimate of drug-likeness (QED) is 0.757. The van der Waals surface area contributed by atoms with Gasteiger partial charge in [0, 0.05) is 5.69 Å². The van der Waals surface area contributed by atoms with Crippen molar-refractivity contribution in [2.45, 2.75) is 6.92 Å². The maximum Gasteiger partial charge on any atom is 0.0876 e. The standard InChI is InChI=1S/C12H12N2O/c1-10-7-8-12(9-13-10)14(15)11-5-3-2-4-6-11/h2-9,15H,1H3. The van der Waals surface area contributed by atoms with Crippen molar-refractivity contribution in [3.05, 3.63) is 54.4 Å². The summed E-state index contributed by atoms with van der Waals surface area (Å²) in [6.45, 7) is 1.91. The summed E-state index contributed by atoms with van der Waals surface area (Å²) in [6, 6.07) is 13.0. The number of pyridine rings is 1. The highest BCUT2D eigenvalue weighted by Crippen LogP contribution is 2.21. The van der Waals surface area contributed by atoms with E-state index in [-0.39, 0.29) is 0 Å². The van der Waals surface area contributed by atoms with E-state index < -0.39 is 0 Å². The van der Waals surface area contributed by atoms with Crippen molar-refractivity contribution in [2.75, 3.05) is 5.06 Å². The number of rotatable bonds is 2. The molecule has 1 aromatic carbocycles. The van der Waals surface area contributed by atoms with Crippen LogP contribution in [0.2, 0.25) is 0 Å². The molecule has 0 saturated heterocycles. The van der Waals surface area contributed by atoms with Gasteiger partial charge in [0.05, 0.1) is 17.6 Å². The van der Waals surface area contributed by atoms with Gasteiger partial charge in [-0.3, -0.25) is 10.2 Å². The number of para-hydroxylation sites is 1. The molecule has 15 heavy (non-hydrogen) atoms. The van der Waals surface area contributed by atoms with E-state index in [1.54, 1.807) is 6.20 Å². The van der Waals surface area contributed by atoms with Gasteiger partial charge in [-0.15, -0.1) is 0 Å². The summed E-state index contributed by atoms with van der Waals surface area (Å²) >= 11 is 0. The van der Waals surface area contributed by atoms with E-state index in [1.807, 2.05) is 49.4 Å². The molecule has 3 nitrogen and oxygen atoms in total. The van der Waals surface area contributed by atoms with Gasteiger partial charge in [0.1, 0.15) is 0 Å². The first-order valence-electron chi connectivity index (χ1n) is 4.74. The van der Waals surface area contributed by atoms with E-state index in [9.17, 15) is 5.21 Å².